The largest absolute Gasteiger partial charge is 0.461 e. The van der Waals surface area contributed by atoms with Gasteiger partial charge in [-0.15, -0.1) is 0 Å². The number of esters is 1. The highest BCUT2D eigenvalue weighted by Crippen LogP contribution is 2.31. The highest BCUT2D eigenvalue weighted by atomic mass is 16.6. The zero-order valence-electron chi connectivity index (χ0n) is 12.7. The average molecular weight is 296 g/mol. The molecule has 0 bridgehead atoms. The van der Waals surface area contributed by atoms with Gasteiger partial charge in [0.05, 0.1) is 0 Å². The molecule has 114 valence electrons. The minimum atomic E-state index is -0.0595. The highest BCUT2D eigenvalue weighted by Gasteiger charge is 2.36. The number of nitrogens with zero attached hydrogens (tertiary/aromatic N) is 1. The number of H-pyrrole nitrogens is 1. The number of carbonyl (C=O) groups excluding carboxylic acids is 1. The van der Waals surface area contributed by atoms with Crippen LogP contribution in [0.2, 0.25) is 0 Å². The second-order valence-corrected chi connectivity index (χ2v) is 6.22. The van der Waals surface area contributed by atoms with E-state index in [2.05, 4.69) is 40.4 Å². The summed E-state index contributed by atoms with van der Waals surface area (Å²) in [5.41, 5.74) is 3.83. The molecule has 1 fully saturated rings. The first-order valence-corrected chi connectivity index (χ1v) is 7.92. The Morgan fingerprint density at radius 1 is 1.32 bits per heavy atom. The maximum absolute atomic E-state index is 11.9. The van der Waals surface area contributed by atoms with Crippen molar-refractivity contribution >= 4 is 22.4 Å². The van der Waals surface area contributed by atoms with Gasteiger partial charge in [-0.25, -0.2) is 0 Å². The van der Waals surface area contributed by atoms with Gasteiger partial charge in [0, 0.05) is 42.2 Å². The zero-order valence-corrected chi connectivity index (χ0v) is 12.7. The molecule has 0 saturated carbocycles. The SMILES string of the molecule is C[C@H]1C[C@H](N2CC=C(c3c[nH]c4ccccc34)CC2)C(=O)O1. The molecule has 1 aromatic carbocycles. The van der Waals surface area contributed by atoms with E-state index in [1.54, 1.807) is 0 Å². The lowest BCUT2D eigenvalue weighted by molar-refractivity contribution is -0.144. The molecule has 4 heteroatoms. The molecule has 4 rings (SSSR count). The van der Waals surface area contributed by atoms with Crippen molar-refractivity contribution in [2.24, 2.45) is 0 Å². The molecule has 0 unspecified atom stereocenters. The quantitative estimate of drug-likeness (QED) is 0.867. The Kier molecular flexibility index (Phi) is 3.26. The average Bonchev–Trinajstić information content (AvgIpc) is 3.10. The van der Waals surface area contributed by atoms with Crippen molar-refractivity contribution in [3.05, 3.63) is 42.1 Å². The third-order valence-corrected chi connectivity index (χ3v) is 4.76. The van der Waals surface area contributed by atoms with Crippen molar-refractivity contribution in [3.8, 4) is 0 Å². The Morgan fingerprint density at radius 2 is 2.18 bits per heavy atom. The normalized spacial score (nSPS) is 26.2. The van der Waals surface area contributed by atoms with E-state index < -0.39 is 0 Å². The van der Waals surface area contributed by atoms with E-state index in [0.29, 0.717) is 0 Å². The van der Waals surface area contributed by atoms with E-state index in [1.807, 2.05) is 13.0 Å². The maximum atomic E-state index is 11.9. The van der Waals surface area contributed by atoms with E-state index in [1.165, 1.54) is 22.0 Å². The van der Waals surface area contributed by atoms with Crippen LogP contribution in [0.25, 0.3) is 16.5 Å². The number of aromatic amines is 1. The summed E-state index contributed by atoms with van der Waals surface area (Å²) in [5, 5.41) is 1.27. The smallest absolute Gasteiger partial charge is 0.323 e. The van der Waals surface area contributed by atoms with Crippen LogP contribution in [-0.2, 0) is 9.53 Å². The Hall–Kier alpha value is -2.07. The molecule has 3 heterocycles. The van der Waals surface area contributed by atoms with Gasteiger partial charge in [0.25, 0.3) is 0 Å². The van der Waals surface area contributed by atoms with E-state index in [4.69, 9.17) is 4.74 Å². The lowest BCUT2D eigenvalue weighted by atomic mass is 9.97. The Balaban J connectivity index is 1.55. The third kappa shape index (κ3) is 2.24. The molecule has 0 amide bonds. The Bertz CT molecular complexity index is 746. The van der Waals surface area contributed by atoms with Crippen LogP contribution in [0, 0.1) is 0 Å². The molecule has 1 saturated heterocycles. The summed E-state index contributed by atoms with van der Waals surface area (Å²) in [6.45, 7) is 3.70. The molecule has 1 N–H and O–H groups in total. The molecular formula is C18H20N2O2. The van der Waals surface area contributed by atoms with Gasteiger partial charge in [0.15, 0.2) is 0 Å². The molecule has 0 radical (unpaired) electrons. The van der Waals surface area contributed by atoms with Gasteiger partial charge in [0.2, 0.25) is 0 Å². The predicted octanol–water partition coefficient (Wildman–Crippen LogP) is 2.96. The molecule has 0 aliphatic carbocycles. The molecule has 2 aliphatic heterocycles. The molecule has 4 nitrogen and oxygen atoms in total. The Labute approximate surface area is 129 Å². The minimum absolute atomic E-state index is 0.0523. The van der Waals surface area contributed by atoms with Crippen molar-refractivity contribution in [1.29, 1.82) is 0 Å². The monoisotopic (exact) mass is 296 g/mol. The summed E-state index contributed by atoms with van der Waals surface area (Å²) in [6, 6.07) is 8.32. The number of benzene rings is 1. The van der Waals surface area contributed by atoms with Crippen LogP contribution < -0.4 is 0 Å². The fourth-order valence-electron chi connectivity index (χ4n) is 3.58. The van der Waals surface area contributed by atoms with Crippen molar-refractivity contribution in [1.82, 2.24) is 9.88 Å². The number of carbonyl (C=O) groups is 1. The first kappa shape index (κ1) is 13.6. The van der Waals surface area contributed by atoms with Crippen LogP contribution in [0.15, 0.2) is 36.5 Å². The van der Waals surface area contributed by atoms with E-state index in [-0.39, 0.29) is 18.1 Å². The van der Waals surface area contributed by atoms with Gasteiger partial charge < -0.3 is 9.72 Å². The molecule has 0 spiro atoms. The predicted molar refractivity (Wildman–Crippen MR) is 86.4 cm³/mol. The van der Waals surface area contributed by atoms with Crippen molar-refractivity contribution in [2.75, 3.05) is 13.1 Å². The number of hydrogen-bond acceptors (Lipinski definition) is 3. The summed E-state index contributed by atoms with van der Waals surface area (Å²) >= 11 is 0. The van der Waals surface area contributed by atoms with Crippen molar-refractivity contribution in [2.45, 2.75) is 31.9 Å². The van der Waals surface area contributed by atoms with E-state index in [9.17, 15) is 4.79 Å². The van der Waals surface area contributed by atoms with E-state index in [0.717, 1.165) is 25.9 Å². The highest BCUT2D eigenvalue weighted by molar-refractivity contribution is 5.92. The van der Waals surface area contributed by atoms with Crippen molar-refractivity contribution in [3.63, 3.8) is 0 Å². The van der Waals surface area contributed by atoms with Crippen LogP contribution >= 0.6 is 0 Å². The number of hydrogen-bond donors (Lipinski definition) is 1. The summed E-state index contributed by atoms with van der Waals surface area (Å²) in [7, 11) is 0. The van der Waals surface area contributed by atoms with Crippen LogP contribution in [0.5, 0.6) is 0 Å². The molecule has 2 aliphatic rings. The lowest BCUT2D eigenvalue weighted by Gasteiger charge is -2.29. The number of fused-ring (bicyclic) bond motifs is 1. The van der Waals surface area contributed by atoms with Gasteiger partial charge >= 0.3 is 5.97 Å². The fraction of sp³-hybridized carbons (Fsp3) is 0.389. The number of ether oxygens (including phenoxy) is 1. The zero-order chi connectivity index (χ0) is 15.1. The third-order valence-electron chi connectivity index (χ3n) is 4.76. The second-order valence-electron chi connectivity index (χ2n) is 6.22. The Morgan fingerprint density at radius 3 is 2.91 bits per heavy atom. The number of rotatable bonds is 2. The maximum Gasteiger partial charge on any atom is 0.323 e. The topological polar surface area (TPSA) is 45.3 Å². The van der Waals surface area contributed by atoms with Crippen LogP contribution in [0.4, 0.5) is 0 Å². The van der Waals surface area contributed by atoms with Gasteiger partial charge in [-0.1, -0.05) is 24.3 Å². The second kappa shape index (κ2) is 5.29. The minimum Gasteiger partial charge on any atom is -0.461 e. The first-order valence-electron chi connectivity index (χ1n) is 7.92. The molecule has 2 aromatic rings. The molecule has 22 heavy (non-hydrogen) atoms. The number of nitrogens with one attached hydrogen (secondary N) is 1. The molecule has 1 aromatic heterocycles. The van der Waals surface area contributed by atoms with Gasteiger partial charge in [-0.05, 0) is 25.0 Å². The molecule has 2 atom stereocenters. The summed E-state index contributed by atoms with van der Waals surface area (Å²) in [6.07, 6.45) is 6.19. The van der Waals surface area contributed by atoms with Crippen LogP contribution in [-0.4, -0.2) is 41.1 Å². The number of cyclic esters (lactones) is 1. The first-order chi connectivity index (χ1) is 10.7. The van der Waals surface area contributed by atoms with Gasteiger partial charge in [-0.3, -0.25) is 9.69 Å². The lowest BCUT2D eigenvalue weighted by Crippen LogP contribution is -2.41. The summed E-state index contributed by atoms with van der Waals surface area (Å²) in [5.74, 6) is -0.0588. The van der Waals surface area contributed by atoms with Crippen LogP contribution in [0.1, 0.15) is 25.3 Å². The van der Waals surface area contributed by atoms with Gasteiger partial charge in [0.1, 0.15) is 12.1 Å². The fourth-order valence-corrected chi connectivity index (χ4v) is 3.58. The molecular weight excluding hydrogens is 276 g/mol. The van der Waals surface area contributed by atoms with Crippen LogP contribution in [0.3, 0.4) is 0 Å². The summed E-state index contributed by atoms with van der Waals surface area (Å²) in [4.78, 5) is 17.5. The van der Waals surface area contributed by atoms with E-state index >= 15 is 0 Å². The number of para-hydroxylation sites is 1. The standard InChI is InChI=1S/C18H20N2O2/c1-12-10-17(18(21)22-12)20-8-6-13(7-9-20)15-11-19-16-5-3-2-4-14(15)16/h2-6,11-12,17,19H,7-10H2,1H3/t12-,17-/m0/s1. The van der Waals surface area contributed by atoms with Crippen molar-refractivity contribution < 1.29 is 9.53 Å². The summed E-state index contributed by atoms with van der Waals surface area (Å²) < 4.78 is 5.28. The van der Waals surface area contributed by atoms with Gasteiger partial charge in [-0.2, -0.15) is 0 Å². The number of aromatic nitrogens is 1.